The maximum absolute atomic E-state index is 13.5. The summed E-state index contributed by atoms with van der Waals surface area (Å²) in [5.74, 6) is 1.20. The summed E-state index contributed by atoms with van der Waals surface area (Å²) in [5, 5.41) is 0. The highest BCUT2D eigenvalue weighted by molar-refractivity contribution is 5.73. The number of aromatic nitrogens is 3. The molecule has 0 spiro atoms. The van der Waals surface area contributed by atoms with Crippen LogP contribution in [0.15, 0.2) is 18.3 Å². The Morgan fingerprint density at radius 1 is 1.06 bits per heavy atom. The first-order valence-electron chi connectivity index (χ1n) is 12.1. The topological polar surface area (TPSA) is 101 Å². The molecule has 6 heterocycles. The summed E-state index contributed by atoms with van der Waals surface area (Å²) < 4.78 is 46.0. The van der Waals surface area contributed by atoms with Crippen LogP contribution in [0.1, 0.15) is 39.2 Å². The lowest BCUT2D eigenvalue weighted by molar-refractivity contribution is -0.137. The average molecular weight is 504 g/mol. The van der Waals surface area contributed by atoms with E-state index >= 15 is 0 Å². The quantitative estimate of drug-likeness (QED) is 0.679. The fourth-order valence-corrected chi connectivity index (χ4v) is 5.51. The van der Waals surface area contributed by atoms with E-state index in [0.29, 0.717) is 42.5 Å². The second kappa shape index (κ2) is 7.59. The molecule has 5 aliphatic rings. The molecular formula is C24H28F3N7O2. The Morgan fingerprint density at radius 2 is 1.81 bits per heavy atom. The molecule has 1 amide bonds. The number of ether oxygens (including phenoxy) is 1. The molecule has 9 nitrogen and oxygen atoms in total. The summed E-state index contributed by atoms with van der Waals surface area (Å²) >= 11 is 0. The maximum Gasteiger partial charge on any atom is 0.419 e. The molecule has 5 fully saturated rings. The lowest BCUT2D eigenvalue weighted by atomic mass is 9.86. The smallest absolute Gasteiger partial charge is 0.419 e. The molecule has 0 aromatic carbocycles. The number of hydrogen-bond acceptors (Lipinski definition) is 8. The van der Waals surface area contributed by atoms with E-state index in [2.05, 4.69) is 19.8 Å². The van der Waals surface area contributed by atoms with E-state index in [1.807, 2.05) is 20.8 Å². The number of anilines is 3. The zero-order chi connectivity index (χ0) is 25.6. The van der Waals surface area contributed by atoms with E-state index < -0.39 is 23.2 Å². The van der Waals surface area contributed by atoms with E-state index in [-0.39, 0.29) is 23.7 Å². The number of fused-ring (bicyclic) bond motifs is 2. The highest BCUT2D eigenvalue weighted by atomic mass is 19.4. The molecule has 36 heavy (non-hydrogen) atoms. The Kier molecular flexibility index (Phi) is 4.88. The summed E-state index contributed by atoms with van der Waals surface area (Å²) in [6.45, 7) is 7.42. The zero-order valence-corrected chi connectivity index (χ0v) is 20.3. The fourth-order valence-electron chi connectivity index (χ4n) is 5.51. The summed E-state index contributed by atoms with van der Waals surface area (Å²) in [5.41, 5.74) is 4.55. The Hall–Kier alpha value is -3.31. The van der Waals surface area contributed by atoms with Gasteiger partial charge in [0.15, 0.2) is 0 Å². The van der Waals surface area contributed by atoms with Gasteiger partial charge < -0.3 is 20.3 Å². The van der Waals surface area contributed by atoms with Gasteiger partial charge in [-0.1, -0.05) is 0 Å². The molecule has 2 N–H and O–H groups in total. The Bertz CT molecular complexity index is 1230. The van der Waals surface area contributed by atoms with Crippen molar-refractivity contribution in [3.63, 3.8) is 0 Å². The van der Waals surface area contributed by atoms with Gasteiger partial charge in [0.2, 0.25) is 5.95 Å². The van der Waals surface area contributed by atoms with E-state index in [1.54, 1.807) is 11.0 Å². The van der Waals surface area contributed by atoms with Crippen molar-refractivity contribution >= 4 is 23.7 Å². The van der Waals surface area contributed by atoms with Gasteiger partial charge in [-0.3, -0.25) is 4.90 Å². The number of halogens is 3. The first-order chi connectivity index (χ1) is 16.9. The number of nitrogen functional groups attached to an aromatic ring is 1. The lowest BCUT2D eigenvalue weighted by Crippen LogP contribution is -2.80. The number of piperazine rings is 1. The van der Waals surface area contributed by atoms with E-state index in [9.17, 15) is 18.0 Å². The van der Waals surface area contributed by atoms with Gasteiger partial charge in [0.05, 0.1) is 23.3 Å². The SMILES string of the molecule is CC(C)(C)OC(=O)N1C[C@@H]2C1CN2c1cc(-c2cnc(N)c(C(F)(F)F)c2)nc(N2CC3CC2C3)n1. The minimum atomic E-state index is -4.62. The van der Waals surface area contributed by atoms with Gasteiger partial charge in [-0.15, -0.1) is 0 Å². The molecule has 4 aliphatic heterocycles. The van der Waals surface area contributed by atoms with Crippen molar-refractivity contribution < 1.29 is 22.7 Å². The second-order valence-corrected chi connectivity index (χ2v) is 11.1. The molecule has 2 aromatic rings. The molecule has 2 atom stereocenters. The Morgan fingerprint density at radius 3 is 2.39 bits per heavy atom. The van der Waals surface area contributed by atoms with E-state index in [1.165, 1.54) is 6.20 Å². The van der Waals surface area contributed by atoms with Crippen LogP contribution in [0.25, 0.3) is 11.3 Å². The number of carbonyl (C=O) groups is 1. The predicted octanol–water partition coefficient (Wildman–Crippen LogP) is 3.55. The molecule has 12 heteroatoms. The summed E-state index contributed by atoms with van der Waals surface area (Å²) in [7, 11) is 0. The zero-order valence-electron chi connectivity index (χ0n) is 20.3. The highest BCUT2D eigenvalue weighted by Crippen LogP contribution is 2.44. The standard InChI is InChI=1S/C24H28F3N7O2/c1-23(2,3)36-22(35)34-11-17-18(34)10-33(17)19-7-16(13-6-15(24(25,26)27)20(28)29-8-13)30-21(31-19)32-9-12-4-14(32)5-12/h6-8,12,14,17-18H,4-5,9-11H2,1-3H3,(H2,28,29)/t12?,14?,17-,18?/m1/s1. The third-order valence-corrected chi connectivity index (χ3v) is 7.52. The van der Waals surface area contributed by atoms with Crippen LogP contribution in [-0.4, -0.2) is 69.3 Å². The molecule has 1 aliphatic carbocycles. The predicted molar refractivity (Wildman–Crippen MR) is 126 cm³/mol. The number of pyridine rings is 1. The van der Waals surface area contributed by atoms with E-state index in [4.69, 9.17) is 15.5 Å². The van der Waals surface area contributed by atoms with Crippen LogP contribution in [0.5, 0.6) is 0 Å². The van der Waals surface area contributed by atoms with Gasteiger partial charge in [-0.05, 0) is 45.6 Å². The molecule has 2 aromatic heterocycles. The van der Waals surface area contributed by atoms with Gasteiger partial charge in [0, 0.05) is 43.5 Å². The molecule has 2 bridgehead atoms. The summed E-state index contributed by atoms with van der Waals surface area (Å²) in [6.07, 6.45) is -1.47. The van der Waals surface area contributed by atoms with Crippen molar-refractivity contribution in [1.82, 2.24) is 19.9 Å². The van der Waals surface area contributed by atoms with Crippen molar-refractivity contribution in [3.8, 4) is 11.3 Å². The molecular weight excluding hydrogens is 475 g/mol. The van der Waals surface area contributed by atoms with E-state index in [0.717, 1.165) is 25.5 Å². The molecule has 1 unspecified atom stereocenters. The minimum absolute atomic E-state index is 0.0244. The van der Waals surface area contributed by atoms with Crippen LogP contribution in [0.4, 0.5) is 35.5 Å². The number of amides is 1. The Balaban J connectivity index is 1.30. The largest absolute Gasteiger partial charge is 0.444 e. The first-order valence-corrected chi connectivity index (χ1v) is 12.1. The van der Waals surface area contributed by atoms with Gasteiger partial charge >= 0.3 is 12.3 Å². The van der Waals surface area contributed by atoms with Crippen LogP contribution >= 0.6 is 0 Å². The van der Waals surface area contributed by atoms with Gasteiger partial charge in [-0.2, -0.15) is 18.2 Å². The van der Waals surface area contributed by atoms with Crippen molar-refractivity contribution in [3.05, 3.63) is 23.9 Å². The monoisotopic (exact) mass is 503 g/mol. The number of alkyl halides is 3. The molecule has 192 valence electrons. The lowest BCUT2D eigenvalue weighted by Gasteiger charge is -2.61. The van der Waals surface area contributed by atoms with Crippen molar-refractivity contribution in [2.75, 3.05) is 35.2 Å². The number of rotatable bonds is 3. The molecule has 7 rings (SSSR count). The average Bonchev–Trinajstić information content (AvgIpc) is 3.34. The summed E-state index contributed by atoms with van der Waals surface area (Å²) in [4.78, 5) is 31.7. The second-order valence-electron chi connectivity index (χ2n) is 11.1. The maximum atomic E-state index is 13.5. The third-order valence-electron chi connectivity index (χ3n) is 7.52. The summed E-state index contributed by atoms with van der Waals surface area (Å²) in [6, 6.07) is 3.16. The van der Waals surface area contributed by atoms with Crippen molar-refractivity contribution in [2.45, 2.75) is 63.5 Å². The third kappa shape index (κ3) is 3.77. The fraction of sp³-hybridized carbons (Fsp3) is 0.583. The van der Waals surface area contributed by atoms with Crippen LogP contribution in [-0.2, 0) is 10.9 Å². The minimum Gasteiger partial charge on any atom is -0.444 e. The number of nitrogens with two attached hydrogens (primary N) is 1. The normalized spacial score (nSPS) is 26.7. The van der Waals surface area contributed by atoms with Crippen LogP contribution < -0.4 is 15.5 Å². The van der Waals surface area contributed by atoms with Gasteiger partial charge in [0.1, 0.15) is 17.2 Å². The van der Waals surface area contributed by atoms with Gasteiger partial charge in [0.25, 0.3) is 0 Å². The Labute approximate surface area is 206 Å². The van der Waals surface area contributed by atoms with Crippen molar-refractivity contribution in [1.29, 1.82) is 0 Å². The highest BCUT2D eigenvalue weighted by Gasteiger charge is 2.55. The van der Waals surface area contributed by atoms with Gasteiger partial charge in [-0.25, -0.2) is 14.8 Å². The van der Waals surface area contributed by atoms with Crippen LogP contribution in [0, 0.1) is 5.92 Å². The van der Waals surface area contributed by atoms with Crippen molar-refractivity contribution in [2.24, 2.45) is 5.92 Å². The van der Waals surface area contributed by atoms with Crippen LogP contribution in [0.2, 0.25) is 0 Å². The van der Waals surface area contributed by atoms with Crippen LogP contribution in [0.3, 0.4) is 0 Å². The molecule has 4 saturated heterocycles. The number of nitrogens with zero attached hydrogens (tertiary/aromatic N) is 6. The number of hydrogen-bond donors (Lipinski definition) is 1. The molecule has 0 radical (unpaired) electrons. The number of likely N-dealkylation sites (tertiary alicyclic amines) is 1. The first kappa shape index (κ1) is 23.1. The number of carbonyl (C=O) groups excluding carboxylic acids is 1. The molecule has 1 saturated carbocycles.